The molecule has 0 heterocycles. The fraction of sp³-hybridized carbons (Fsp3) is 0.538. The predicted molar refractivity (Wildman–Crippen MR) is 70.3 cm³/mol. The Morgan fingerprint density at radius 1 is 1.37 bits per heavy atom. The summed E-state index contributed by atoms with van der Waals surface area (Å²) in [5.74, 6) is 0.484. The van der Waals surface area contributed by atoms with Crippen molar-refractivity contribution in [2.75, 3.05) is 20.3 Å². The maximum Gasteiger partial charge on any atom is 0.270 e. The largest absolute Gasteiger partial charge is 0.493 e. The Kier molecular flexibility index (Phi) is 6.24. The number of nitro groups is 1. The van der Waals surface area contributed by atoms with Crippen molar-refractivity contribution in [1.29, 1.82) is 0 Å². The van der Waals surface area contributed by atoms with E-state index in [9.17, 15) is 15.2 Å². The fourth-order valence-corrected chi connectivity index (χ4v) is 1.64. The molecule has 0 spiro atoms. The summed E-state index contributed by atoms with van der Waals surface area (Å²) in [5.41, 5.74) is 0.378. The van der Waals surface area contributed by atoms with Crippen LogP contribution in [0.1, 0.15) is 31.4 Å². The van der Waals surface area contributed by atoms with Crippen molar-refractivity contribution in [3.63, 3.8) is 0 Å². The zero-order valence-electron chi connectivity index (χ0n) is 11.2. The number of methoxy groups -OCH3 is 1. The Labute approximate surface area is 112 Å². The van der Waals surface area contributed by atoms with Crippen LogP contribution in [-0.4, -0.2) is 30.4 Å². The summed E-state index contributed by atoms with van der Waals surface area (Å²) < 4.78 is 10.5. The van der Waals surface area contributed by atoms with Gasteiger partial charge in [0.05, 0.1) is 17.6 Å². The molecular weight excluding hydrogens is 250 g/mol. The van der Waals surface area contributed by atoms with Gasteiger partial charge in [0, 0.05) is 31.4 Å². The number of aliphatic hydroxyl groups excluding tert-OH is 1. The summed E-state index contributed by atoms with van der Waals surface area (Å²) in [7, 11) is 1.64. The molecule has 0 unspecified atom stereocenters. The van der Waals surface area contributed by atoms with E-state index in [1.54, 1.807) is 14.0 Å². The van der Waals surface area contributed by atoms with Gasteiger partial charge in [0.15, 0.2) is 0 Å². The first-order chi connectivity index (χ1) is 9.06. The van der Waals surface area contributed by atoms with Gasteiger partial charge < -0.3 is 14.6 Å². The first kappa shape index (κ1) is 15.4. The van der Waals surface area contributed by atoms with E-state index in [-0.39, 0.29) is 5.69 Å². The van der Waals surface area contributed by atoms with E-state index in [4.69, 9.17) is 9.47 Å². The van der Waals surface area contributed by atoms with Gasteiger partial charge >= 0.3 is 0 Å². The highest BCUT2D eigenvalue weighted by Crippen LogP contribution is 2.29. The summed E-state index contributed by atoms with van der Waals surface area (Å²) in [6, 6.07) is 4.24. The highest BCUT2D eigenvalue weighted by molar-refractivity contribution is 5.44. The van der Waals surface area contributed by atoms with E-state index in [0.29, 0.717) is 24.5 Å². The highest BCUT2D eigenvalue weighted by Gasteiger charge is 2.15. The lowest BCUT2D eigenvalue weighted by molar-refractivity contribution is -0.385. The third-order valence-electron chi connectivity index (χ3n) is 2.65. The van der Waals surface area contributed by atoms with Gasteiger partial charge in [-0.15, -0.1) is 0 Å². The van der Waals surface area contributed by atoms with Crippen molar-refractivity contribution in [3.05, 3.63) is 33.9 Å². The van der Waals surface area contributed by atoms with Crippen molar-refractivity contribution >= 4 is 5.69 Å². The molecule has 1 rings (SSSR count). The Morgan fingerprint density at radius 2 is 2.05 bits per heavy atom. The van der Waals surface area contributed by atoms with Crippen LogP contribution in [0.2, 0.25) is 0 Å². The molecule has 1 atom stereocenters. The number of nitro benzene ring substituents is 1. The van der Waals surface area contributed by atoms with Crippen LogP contribution in [0.15, 0.2) is 18.2 Å². The molecular formula is C13H19NO5. The third-order valence-corrected chi connectivity index (χ3v) is 2.65. The summed E-state index contributed by atoms with van der Waals surface area (Å²) in [6.45, 7) is 2.71. The Balaban J connectivity index is 2.69. The molecule has 1 aromatic carbocycles. The number of rotatable bonds is 8. The number of unbranched alkanes of at least 4 members (excludes halogenated alkanes) is 1. The van der Waals surface area contributed by atoms with Crippen molar-refractivity contribution in [3.8, 4) is 5.75 Å². The minimum Gasteiger partial charge on any atom is -0.493 e. The molecule has 19 heavy (non-hydrogen) atoms. The van der Waals surface area contributed by atoms with Gasteiger partial charge in [0.25, 0.3) is 5.69 Å². The van der Waals surface area contributed by atoms with Crippen LogP contribution in [0.4, 0.5) is 5.69 Å². The van der Waals surface area contributed by atoms with Crippen LogP contribution >= 0.6 is 0 Å². The summed E-state index contributed by atoms with van der Waals surface area (Å²) >= 11 is 0. The number of hydrogen-bond acceptors (Lipinski definition) is 5. The van der Waals surface area contributed by atoms with Crippen LogP contribution in [0.3, 0.4) is 0 Å². The van der Waals surface area contributed by atoms with Gasteiger partial charge in [0.2, 0.25) is 0 Å². The van der Waals surface area contributed by atoms with Gasteiger partial charge in [0.1, 0.15) is 5.75 Å². The zero-order valence-corrected chi connectivity index (χ0v) is 11.2. The van der Waals surface area contributed by atoms with Crippen LogP contribution in [-0.2, 0) is 4.74 Å². The van der Waals surface area contributed by atoms with Crippen molar-refractivity contribution in [1.82, 2.24) is 0 Å². The molecule has 6 heteroatoms. The van der Waals surface area contributed by atoms with Crippen molar-refractivity contribution in [2.45, 2.75) is 25.9 Å². The van der Waals surface area contributed by atoms with Crippen LogP contribution < -0.4 is 4.74 Å². The van der Waals surface area contributed by atoms with E-state index >= 15 is 0 Å². The van der Waals surface area contributed by atoms with E-state index < -0.39 is 11.0 Å². The minimum absolute atomic E-state index is 0.0531. The quantitative estimate of drug-likeness (QED) is 0.445. The lowest BCUT2D eigenvalue weighted by Crippen LogP contribution is -2.04. The Hall–Kier alpha value is -1.66. The molecule has 0 aliphatic rings. The molecule has 0 amide bonds. The number of nitrogens with zero attached hydrogens (tertiary/aromatic N) is 1. The van der Waals surface area contributed by atoms with Gasteiger partial charge in [-0.25, -0.2) is 0 Å². The predicted octanol–water partition coefficient (Wildman–Crippen LogP) is 2.45. The van der Waals surface area contributed by atoms with Crippen LogP contribution in [0.25, 0.3) is 0 Å². The number of ether oxygens (including phenoxy) is 2. The number of non-ortho nitro benzene ring substituents is 1. The molecule has 0 aliphatic carbocycles. The second-order valence-corrected chi connectivity index (χ2v) is 4.20. The first-order valence-corrected chi connectivity index (χ1v) is 6.14. The highest BCUT2D eigenvalue weighted by atomic mass is 16.6. The fourth-order valence-electron chi connectivity index (χ4n) is 1.64. The van der Waals surface area contributed by atoms with Gasteiger partial charge in [-0.05, 0) is 25.8 Å². The number of benzene rings is 1. The Morgan fingerprint density at radius 3 is 2.63 bits per heavy atom. The lowest BCUT2D eigenvalue weighted by Gasteiger charge is -2.13. The zero-order chi connectivity index (χ0) is 14.3. The average molecular weight is 269 g/mol. The van der Waals surface area contributed by atoms with E-state index in [1.165, 1.54) is 18.2 Å². The molecule has 1 N–H and O–H groups in total. The Bertz CT molecular complexity index is 419. The lowest BCUT2D eigenvalue weighted by atomic mass is 10.1. The monoisotopic (exact) mass is 269 g/mol. The molecule has 0 fully saturated rings. The minimum atomic E-state index is -0.811. The van der Waals surface area contributed by atoms with E-state index in [1.807, 2.05) is 0 Å². The maximum atomic E-state index is 10.7. The normalized spacial score (nSPS) is 12.2. The number of hydrogen-bond donors (Lipinski definition) is 1. The van der Waals surface area contributed by atoms with Gasteiger partial charge in [-0.2, -0.15) is 0 Å². The molecule has 0 radical (unpaired) electrons. The van der Waals surface area contributed by atoms with Crippen LogP contribution in [0.5, 0.6) is 5.75 Å². The summed E-state index contributed by atoms with van der Waals surface area (Å²) in [6.07, 6.45) is 0.895. The smallest absolute Gasteiger partial charge is 0.270 e. The van der Waals surface area contributed by atoms with Crippen molar-refractivity contribution in [2.24, 2.45) is 0 Å². The topological polar surface area (TPSA) is 81.8 Å². The average Bonchev–Trinajstić information content (AvgIpc) is 2.38. The second-order valence-electron chi connectivity index (χ2n) is 4.20. The number of aliphatic hydroxyl groups is 1. The molecule has 0 saturated heterocycles. The molecule has 0 aromatic heterocycles. The third kappa shape index (κ3) is 4.84. The molecule has 6 nitrogen and oxygen atoms in total. The molecule has 0 saturated carbocycles. The SMILES string of the molecule is COCCCCOc1ccc([N+](=O)[O-])cc1[C@@H](C)O. The summed E-state index contributed by atoms with van der Waals surface area (Å²) in [4.78, 5) is 10.2. The molecule has 0 bridgehead atoms. The first-order valence-electron chi connectivity index (χ1n) is 6.14. The van der Waals surface area contributed by atoms with E-state index in [0.717, 1.165) is 12.8 Å². The standard InChI is InChI=1S/C13H19NO5/c1-10(15)12-9-11(14(16)17)5-6-13(12)19-8-4-3-7-18-2/h5-6,9-10,15H,3-4,7-8H2,1-2H3/t10-/m1/s1. The van der Waals surface area contributed by atoms with Crippen LogP contribution in [0, 0.1) is 10.1 Å². The van der Waals surface area contributed by atoms with Gasteiger partial charge in [-0.1, -0.05) is 0 Å². The molecule has 0 aliphatic heterocycles. The maximum absolute atomic E-state index is 10.7. The van der Waals surface area contributed by atoms with Gasteiger partial charge in [-0.3, -0.25) is 10.1 Å². The van der Waals surface area contributed by atoms with E-state index in [2.05, 4.69) is 0 Å². The molecule has 1 aromatic rings. The summed E-state index contributed by atoms with van der Waals surface area (Å²) in [5, 5.41) is 20.3. The molecule has 106 valence electrons. The second kappa shape index (κ2) is 7.70. The van der Waals surface area contributed by atoms with Crippen molar-refractivity contribution < 1.29 is 19.5 Å².